The Labute approximate surface area is 179 Å². The number of ether oxygens (including phenoxy) is 4. The Morgan fingerprint density at radius 2 is 1.60 bits per heavy atom. The molecule has 1 atom stereocenters. The van der Waals surface area contributed by atoms with Gasteiger partial charge in [-0.15, -0.1) is 0 Å². The minimum absolute atomic E-state index is 0.142. The van der Waals surface area contributed by atoms with Crippen molar-refractivity contribution in [2.75, 3.05) is 26.9 Å². The second-order valence-electron chi connectivity index (χ2n) is 6.17. The average Bonchev–Trinajstić information content (AvgIpc) is 3.54. The summed E-state index contributed by atoms with van der Waals surface area (Å²) in [5, 5.41) is 7.51. The van der Waals surface area contributed by atoms with Crippen LogP contribution in [0.4, 0.5) is 0 Å². The van der Waals surface area contributed by atoms with Gasteiger partial charge in [-0.25, -0.2) is 14.4 Å². The van der Waals surface area contributed by atoms with E-state index in [-0.39, 0.29) is 24.0 Å². The molecule has 0 aliphatic carbocycles. The third-order valence-corrected chi connectivity index (χ3v) is 2.50. The molecule has 0 bridgehead atoms. The fourth-order valence-electron chi connectivity index (χ4n) is 0.938. The summed E-state index contributed by atoms with van der Waals surface area (Å²) < 4.78 is 18.6. The van der Waals surface area contributed by atoms with Crippen molar-refractivity contribution in [1.82, 2.24) is 0 Å². The lowest BCUT2D eigenvalue weighted by Crippen LogP contribution is -2.09. The number of nitriles is 1. The summed E-state index contributed by atoms with van der Waals surface area (Å²) in [5.41, 5.74) is 0.864. The predicted molar refractivity (Wildman–Crippen MR) is 114 cm³/mol. The van der Waals surface area contributed by atoms with Crippen LogP contribution in [0, 0.1) is 17.2 Å². The summed E-state index contributed by atoms with van der Waals surface area (Å²) in [7, 11) is 1.33. The number of esters is 3. The quantitative estimate of drug-likeness (QED) is 0.201. The zero-order valence-electron chi connectivity index (χ0n) is 18.6. The van der Waals surface area contributed by atoms with E-state index in [1.54, 1.807) is 19.9 Å². The van der Waals surface area contributed by atoms with Crippen molar-refractivity contribution in [1.29, 1.82) is 5.26 Å². The molecule has 0 radical (unpaired) electrons. The molecular formula is C22H33NO7. The summed E-state index contributed by atoms with van der Waals surface area (Å²) in [6.45, 7) is 21.9. The second kappa shape index (κ2) is 20.6. The molecule has 1 aliphatic heterocycles. The van der Waals surface area contributed by atoms with E-state index >= 15 is 0 Å². The first-order chi connectivity index (χ1) is 14.0. The molecule has 8 heteroatoms. The Kier molecular flexibility index (Phi) is 21.6. The Bertz CT molecular complexity index is 626. The summed E-state index contributed by atoms with van der Waals surface area (Å²) in [6, 6.07) is 1.69. The summed E-state index contributed by atoms with van der Waals surface area (Å²) in [6.07, 6.45) is 2.49. The van der Waals surface area contributed by atoms with Crippen LogP contribution in [0.3, 0.4) is 0 Å². The highest BCUT2D eigenvalue weighted by atomic mass is 16.6. The molecular weight excluding hydrogens is 390 g/mol. The van der Waals surface area contributed by atoms with Crippen LogP contribution in [-0.2, 0) is 33.3 Å². The Balaban J connectivity index is -0.000000339. The number of epoxide rings is 1. The molecule has 0 saturated carbocycles. The van der Waals surface area contributed by atoms with Gasteiger partial charge in [0.15, 0.2) is 0 Å². The first-order valence-corrected chi connectivity index (χ1v) is 8.94. The molecule has 1 heterocycles. The summed E-state index contributed by atoms with van der Waals surface area (Å²) >= 11 is 0. The van der Waals surface area contributed by atoms with E-state index in [9.17, 15) is 14.4 Å². The molecule has 0 N–H and O–H groups in total. The number of carbonyl (C=O) groups excluding carboxylic acids is 3. The van der Waals surface area contributed by atoms with Crippen LogP contribution in [0.2, 0.25) is 0 Å². The molecule has 0 spiro atoms. The molecule has 0 aromatic rings. The Hall–Kier alpha value is -3.18. The normalized spacial score (nSPS) is 12.4. The third-order valence-electron chi connectivity index (χ3n) is 2.50. The molecule has 0 amide bonds. The molecule has 1 rings (SSSR count). The van der Waals surface area contributed by atoms with Crippen molar-refractivity contribution in [2.24, 2.45) is 5.92 Å². The zero-order chi connectivity index (χ0) is 24.1. The van der Waals surface area contributed by atoms with E-state index in [1.165, 1.54) is 19.3 Å². The Morgan fingerprint density at radius 1 is 1.13 bits per heavy atom. The van der Waals surface area contributed by atoms with Crippen LogP contribution < -0.4 is 0 Å². The fourth-order valence-corrected chi connectivity index (χ4v) is 0.938. The maximum Gasteiger partial charge on any atom is 0.333 e. The van der Waals surface area contributed by atoms with Crippen molar-refractivity contribution in [3.05, 3.63) is 49.6 Å². The van der Waals surface area contributed by atoms with Gasteiger partial charge in [0.25, 0.3) is 0 Å². The highest BCUT2D eigenvalue weighted by Gasteiger charge is 2.24. The van der Waals surface area contributed by atoms with E-state index in [0.717, 1.165) is 0 Å². The average molecular weight is 424 g/mol. The lowest BCUT2D eigenvalue weighted by atomic mass is 10.2. The van der Waals surface area contributed by atoms with E-state index in [4.69, 9.17) is 19.5 Å². The number of allylic oxidation sites excluding steroid dienone is 1. The molecule has 30 heavy (non-hydrogen) atoms. The number of rotatable bonds is 7. The zero-order valence-corrected chi connectivity index (χ0v) is 18.6. The molecule has 1 saturated heterocycles. The van der Waals surface area contributed by atoms with Gasteiger partial charge < -0.3 is 18.9 Å². The number of hydrogen-bond donors (Lipinski definition) is 0. The monoisotopic (exact) mass is 423 g/mol. The molecule has 0 aromatic carbocycles. The summed E-state index contributed by atoms with van der Waals surface area (Å²) in [4.78, 5) is 31.3. The predicted octanol–water partition coefficient (Wildman–Crippen LogP) is 3.31. The van der Waals surface area contributed by atoms with Gasteiger partial charge in [-0.2, -0.15) is 5.26 Å². The van der Waals surface area contributed by atoms with Crippen LogP contribution >= 0.6 is 0 Å². The fraction of sp³-hybridized carbons (Fsp3) is 0.455. The van der Waals surface area contributed by atoms with Crippen molar-refractivity contribution in [3.8, 4) is 6.07 Å². The molecule has 168 valence electrons. The van der Waals surface area contributed by atoms with Gasteiger partial charge in [0, 0.05) is 23.3 Å². The van der Waals surface area contributed by atoms with Crippen molar-refractivity contribution >= 4 is 17.9 Å². The number of hydrogen-bond acceptors (Lipinski definition) is 8. The standard InChI is InChI=1S/C7H10O3.C7H12O2.C5H8O2.C3H3N/c1-5(2)7(8)10-4-6-3-9-6;1-4-7(8)9-5-6(2)3;1-4(2)5(6)7-3;1-2-3-4/h6H,1,3-4H2,2H3;4,6H,1,5H2,2-3H3;1H2,2-3H3;2H,1H2. The van der Waals surface area contributed by atoms with Crippen LogP contribution in [0.25, 0.3) is 0 Å². The highest BCUT2D eigenvalue weighted by Crippen LogP contribution is 2.09. The lowest BCUT2D eigenvalue weighted by molar-refractivity contribution is -0.140. The van der Waals surface area contributed by atoms with Gasteiger partial charge >= 0.3 is 17.9 Å². The van der Waals surface area contributed by atoms with Crippen LogP contribution in [0.1, 0.15) is 27.7 Å². The maximum absolute atomic E-state index is 10.7. The largest absolute Gasteiger partial charge is 0.466 e. The summed E-state index contributed by atoms with van der Waals surface area (Å²) in [5.74, 6) is -0.631. The van der Waals surface area contributed by atoms with Crippen LogP contribution in [0.5, 0.6) is 0 Å². The van der Waals surface area contributed by atoms with Crippen molar-refractivity contribution in [3.63, 3.8) is 0 Å². The molecule has 0 aromatic heterocycles. The first kappa shape index (κ1) is 31.5. The lowest BCUT2D eigenvalue weighted by Gasteiger charge is -2.02. The van der Waals surface area contributed by atoms with Gasteiger partial charge in [-0.05, 0) is 19.8 Å². The highest BCUT2D eigenvalue weighted by molar-refractivity contribution is 5.87. The van der Waals surface area contributed by atoms with Gasteiger partial charge in [0.2, 0.25) is 0 Å². The SMILES string of the molecule is C=C(C)C(=O)OC.C=C(C)C(=O)OCC1CO1.C=CC#N.C=CC(=O)OCC(C)C. The molecule has 8 nitrogen and oxygen atoms in total. The number of methoxy groups -OCH3 is 1. The topological polar surface area (TPSA) is 115 Å². The van der Waals surface area contributed by atoms with Crippen molar-refractivity contribution < 1.29 is 33.3 Å². The second-order valence-corrected chi connectivity index (χ2v) is 6.17. The molecule has 1 aliphatic rings. The Morgan fingerprint density at radius 3 is 1.83 bits per heavy atom. The van der Waals surface area contributed by atoms with Crippen LogP contribution in [0.15, 0.2) is 49.6 Å². The van der Waals surface area contributed by atoms with Crippen LogP contribution in [-0.4, -0.2) is 50.9 Å². The number of carbonyl (C=O) groups is 3. The van der Waals surface area contributed by atoms with E-state index in [2.05, 4.69) is 31.1 Å². The van der Waals surface area contributed by atoms with Gasteiger partial charge in [0.05, 0.1) is 26.4 Å². The first-order valence-electron chi connectivity index (χ1n) is 8.94. The van der Waals surface area contributed by atoms with E-state index in [0.29, 0.717) is 36.9 Å². The molecule has 1 fully saturated rings. The van der Waals surface area contributed by atoms with Gasteiger partial charge in [-0.1, -0.05) is 40.2 Å². The maximum atomic E-state index is 10.7. The minimum atomic E-state index is -0.347. The smallest absolute Gasteiger partial charge is 0.333 e. The minimum Gasteiger partial charge on any atom is -0.466 e. The van der Waals surface area contributed by atoms with E-state index in [1.807, 2.05) is 13.8 Å². The van der Waals surface area contributed by atoms with Gasteiger partial charge in [-0.3, -0.25) is 0 Å². The van der Waals surface area contributed by atoms with E-state index < -0.39 is 0 Å². The van der Waals surface area contributed by atoms with Gasteiger partial charge in [0.1, 0.15) is 12.7 Å². The molecule has 1 unspecified atom stereocenters. The van der Waals surface area contributed by atoms with Crippen molar-refractivity contribution in [2.45, 2.75) is 33.8 Å². The third kappa shape index (κ3) is 27.0. The number of nitrogens with zero attached hydrogens (tertiary/aromatic N) is 1.